The van der Waals surface area contributed by atoms with Crippen LogP contribution >= 0.6 is 24.8 Å². The Bertz CT molecular complexity index is 1110. The van der Waals surface area contributed by atoms with Crippen LogP contribution in [0.1, 0.15) is 29.2 Å². The summed E-state index contributed by atoms with van der Waals surface area (Å²) < 4.78 is 5.86. The zero-order chi connectivity index (χ0) is 24.8. The molecule has 2 aromatic carbocycles. The van der Waals surface area contributed by atoms with Crippen LogP contribution in [0.5, 0.6) is 5.75 Å². The van der Waals surface area contributed by atoms with Gasteiger partial charge in [0.05, 0.1) is 37.0 Å². The average Bonchev–Trinajstić information content (AvgIpc) is 3.52. The molecule has 200 valence electrons. The fraction of sp³-hybridized carbons (Fsp3) is 0.423. The van der Waals surface area contributed by atoms with Crippen molar-refractivity contribution in [3.8, 4) is 11.8 Å². The summed E-state index contributed by atoms with van der Waals surface area (Å²) in [5.41, 5.74) is 4.42. The molecule has 0 radical (unpaired) electrons. The maximum absolute atomic E-state index is 13.4. The van der Waals surface area contributed by atoms with Crippen LogP contribution < -0.4 is 20.3 Å². The number of carbonyl (C=O) groups excluding carboxylic acids is 2. The van der Waals surface area contributed by atoms with Crippen LogP contribution in [-0.4, -0.2) is 68.2 Å². The van der Waals surface area contributed by atoms with Crippen molar-refractivity contribution < 1.29 is 14.3 Å². The Labute approximate surface area is 230 Å². The predicted molar refractivity (Wildman–Crippen MR) is 147 cm³/mol. The quantitative estimate of drug-likeness (QED) is 0.439. The van der Waals surface area contributed by atoms with Crippen molar-refractivity contribution in [1.29, 1.82) is 5.26 Å². The van der Waals surface area contributed by atoms with Crippen LogP contribution in [0, 0.1) is 11.3 Å². The number of hydrazine groups is 1. The Morgan fingerprint density at radius 3 is 2.43 bits per heavy atom. The van der Waals surface area contributed by atoms with Gasteiger partial charge in [0.1, 0.15) is 5.75 Å². The molecule has 2 aromatic rings. The van der Waals surface area contributed by atoms with Gasteiger partial charge in [0.2, 0.25) is 5.91 Å². The molecule has 37 heavy (non-hydrogen) atoms. The summed E-state index contributed by atoms with van der Waals surface area (Å²) in [6.45, 7) is 5.79. The lowest BCUT2D eigenvalue weighted by molar-refractivity contribution is -0.145. The highest BCUT2D eigenvalue weighted by molar-refractivity contribution is 5.87. The number of benzene rings is 2. The van der Waals surface area contributed by atoms with Crippen LogP contribution in [0.2, 0.25) is 0 Å². The molecule has 0 unspecified atom stereocenters. The average molecular weight is 550 g/mol. The molecule has 0 atom stereocenters. The zero-order valence-electron chi connectivity index (χ0n) is 21.2. The summed E-state index contributed by atoms with van der Waals surface area (Å²) in [7, 11) is 1.76. The molecule has 2 amide bonds. The summed E-state index contributed by atoms with van der Waals surface area (Å²) in [6.07, 6.45) is 0.695. The zero-order valence-corrected chi connectivity index (χ0v) is 22.8. The Kier molecular flexibility index (Phi) is 11.5. The third kappa shape index (κ3) is 7.27. The smallest absolute Gasteiger partial charge is 0.256 e. The van der Waals surface area contributed by atoms with Gasteiger partial charge in [0.25, 0.3) is 5.91 Å². The predicted octanol–water partition coefficient (Wildman–Crippen LogP) is 2.26. The first kappa shape index (κ1) is 30.2. The van der Waals surface area contributed by atoms with Crippen LogP contribution in [0.25, 0.3) is 0 Å². The lowest BCUT2D eigenvalue weighted by Crippen LogP contribution is -2.48. The number of ether oxygens (including phenoxy) is 1. The molecule has 2 heterocycles. The van der Waals surface area contributed by atoms with E-state index in [4.69, 9.17) is 4.74 Å². The van der Waals surface area contributed by atoms with E-state index >= 15 is 0 Å². The third-order valence-corrected chi connectivity index (χ3v) is 6.38. The van der Waals surface area contributed by atoms with Crippen molar-refractivity contribution in [2.24, 2.45) is 0 Å². The van der Waals surface area contributed by atoms with Crippen molar-refractivity contribution >= 4 is 42.3 Å². The highest BCUT2D eigenvalue weighted by Crippen LogP contribution is 2.37. The monoisotopic (exact) mass is 548 g/mol. The van der Waals surface area contributed by atoms with Gasteiger partial charge >= 0.3 is 0 Å². The molecular formula is C26H34Cl2N6O3. The van der Waals surface area contributed by atoms with Gasteiger partial charge in [-0.15, -0.1) is 24.8 Å². The van der Waals surface area contributed by atoms with Gasteiger partial charge in [0.15, 0.2) is 0 Å². The molecular weight excluding hydrogens is 515 g/mol. The number of rotatable bonds is 10. The number of likely N-dealkylation sites (N-methyl/N-ethyl adjacent to an activating group) is 2. The maximum atomic E-state index is 13.4. The van der Waals surface area contributed by atoms with Crippen LogP contribution in [-0.2, 0) is 29.1 Å². The van der Waals surface area contributed by atoms with Crippen molar-refractivity contribution in [2.45, 2.75) is 26.4 Å². The minimum Gasteiger partial charge on any atom is -0.491 e. The van der Waals surface area contributed by atoms with E-state index in [1.807, 2.05) is 30.1 Å². The molecule has 0 bridgehead atoms. The van der Waals surface area contributed by atoms with Crippen LogP contribution in [0.3, 0.4) is 0 Å². The van der Waals surface area contributed by atoms with Gasteiger partial charge in [-0.3, -0.25) is 14.6 Å². The number of nitrogens with one attached hydrogen (secondary N) is 2. The SMILES string of the molecule is CCNCCNC(=O)CN(CC(=O)N(C)N1Cc2ccccc2C1)c1cc(C#N)cc2c1OCC2.Cl.Cl. The molecule has 0 aliphatic carbocycles. The summed E-state index contributed by atoms with van der Waals surface area (Å²) in [4.78, 5) is 27.9. The Hall–Kier alpha value is -3.03. The van der Waals surface area contributed by atoms with Gasteiger partial charge in [-0.1, -0.05) is 31.2 Å². The molecule has 2 aliphatic rings. The van der Waals surface area contributed by atoms with E-state index in [9.17, 15) is 14.9 Å². The van der Waals surface area contributed by atoms with Crippen molar-refractivity contribution in [2.75, 3.05) is 51.3 Å². The Morgan fingerprint density at radius 2 is 1.78 bits per heavy atom. The lowest BCUT2D eigenvalue weighted by atomic mass is 10.1. The first-order chi connectivity index (χ1) is 17.0. The number of fused-ring (bicyclic) bond motifs is 2. The second kappa shape index (κ2) is 14.1. The minimum absolute atomic E-state index is 0. The van der Waals surface area contributed by atoms with Gasteiger partial charge in [0, 0.05) is 45.2 Å². The number of halogens is 2. The highest BCUT2D eigenvalue weighted by atomic mass is 35.5. The van der Waals surface area contributed by atoms with Gasteiger partial charge in [-0.05, 0) is 29.8 Å². The molecule has 0 saturated heterocycles. The number of nitrogens with zero attached hydrogens (tertiary/aromatic N) is 4. The topological polar surface area (TPSA) is 101 Å². The second-order valence-corrected chi connectivity index (χ2v) is 8.76. The van der Waals surface area contributed by atoms with Gasteiger partial charge < -0.3 is 20.3 Å². The van der Waals surface area contributed by atoms with E-state index in [0.717, 1.165) is 12.1 Å². The summed E-state index contributed by atoms with van der Waals surface area (Å²) in [5.74, 6) is 0.307. The number of amides is 2. The fourth-order valence-electron chi connectivity index (χ4n) is 4.46. The summed E-state index contributed by atoms with van der Waals surface area (Å²) in [5, 5.41) is 19.2. The van der Waals surface area contributed by atoms with E-state index in [1.54, 1.807) is 23.0 Å². The van der Waals surface area contributed by atoms with Gasteiger partial charge in [-0.25, -0.2) is 5.01 Å². The maximum Gasteiger partial charge on any atom is 0.256 e. The van der Waals surface area contributed by atoms with E-state index in [2.05, 4.69) is 28.8 Å². The van der Waals surface area contributed by atoms with Crippen molar-refractivity contribution in [1.82, 2.24) is 20.7 Å². The Morgan fingerprint density at radius 1 is 1.08 bits per heavy atom. The fourth-order valence-corrected chi connectivity index (χ4v) is 4.46. The molecule has 2 aliphatic heterocycles. The van der Waals surface area contributed by atoms with E-state index in [0.29, 0.717) is 56.2 Å². The molecule has 2 N–H and O–H groups in total. The van der Waals surface area contributed by atoms with Crippen molar-refractivity contribution in [3.05, 3.63) is 58.7 Å². The van der Waals surface area contributed by atoms with E-state index in [1.165, 1.54) is 11.1 Å². The number of nitriles is 1. The molecule has 9 nitrogen and oxygen atoms in total. The van der Waals surface area contributed by atoms with Crippen LogP contribution in [0.15, 0.2) is 36.4 Å². The number of carbonyl (C=O) groups is 2. The number of hydrogen-bond donors (Lipinski definition) is 2. The van der Waals surface area contributed by atoms with Crippen LogP contribution in [0.4, 0.5) is 5.69 Å². The Balaban J connectivity index is 0.00000241. The standard InChI is InChI=1S/C26H32N6O3.2ClH/c1-3-28-9-10-29-24(33)17-31(23-13-19(14-27)12-20-8-11-35-26(20)23)18-25(34)30(2)32-15-21-6-4-5-7-22(21)16-32;;/h4-7,12-13,28H,3,8-11,15-18H2,1-2H3,(H,29,33);2*1H. The van der Waals surface area contributed by atoms with E-state index < -0.39 is 0 Å². The first-order valence-corrected chi connectivity index (χ1v) is 12.0. The normalized spacial score (nSPS) is 13.2. The lowest BCUT2D eigenvalue weighted by Gasteiger charge is -2.32. The second-order valence-electron chi connectivity index (χ2n) is 8.76. The van der Waals surface area contributed by atoms with E-state index in [-0.39, 0.29) is 49.7 Å². The third-order valence-electron chi connectivity index (χ3n) is 6.38. The largest absolute Gasteiger partial charge is 0.491 e. The van der Waals surface area contributed by atoms with Crippen molar-refractivity contribution in [3.63, 3.8) is 0 Å². The first-order valence-electron chi connectivity index (χ1n) is 12.0. The minimum atomic E-state index is -0.193. The summed E-state index contributed by atoms with van der Waals surface area (Å²) in [6, 6.07) is 13.9. The number of anilines is 1. The molecule has 0 spiro atoms. The molecule has 4 rings (SSSR count). The van der Waals surface area contributed by atoms with Gasteiger partial charge in [-0.2, -0.15) is 5.26 Å². The molecule has 0 fully saturated rings. The molecule has 0 aromatic heterocycles. The number of hydrogen-bond acceptors (Lipinski definition) is 7. The highest BCUT2D eigenvalue weighted by Gasteiger charge is 2.29. The molecule has 11 heteroatoms. The summed E-state index contributed by atoms with van der Waals surface area (Å²) >= 11 is 0. The molecule has 0 saturated carbocycles.